The van der Waals surface area contributed by atoms with E-state index in [0.29, 0.717) is 28.0 Å². The highest BCUT2D eigenvalue weighted by atomic mass is 16.5. The lowest BCUT2D eigenvalue weighted by atomic mass is 10.2. The first-order chi connectivity index (χ1) is 8.85. The van der Waals surface area contributed by atoms with E-state index >= 15 is 0 Å². The first-order valence-corrected chi connectivity index (χ1v) is 5.21. The van der Waals surface area contributed by atoms with E-state index in [-0.39, 0.29) is 0 Å². The van der Waals surface area contributed by atoms with Crippen LogP contribution in [0.15, 0.2) is 24.8 Å². The fraction of sp³-hybridized carbons (Fsp3) is 0.0909. The van der Waals surface area contributed by atoms with Crippen LogP contribution in [0.2, 0.25) is 0 Å². The van der Waals surface area contributed by atoms with Crippen LogP contribution in [0, 0.1) is 0 Å². The number of aldehydes is 1. The highest BCUT2D eigenvalue weighted by Gasteiger charge is 2.15. The summed E-state index contributed by atoms with van der Waals surface area (Å²) in [6, 6.07) is 0. The Kier molecular flexibility index (Phi) is 2.30. The molecule has 0 atom stereocenters. The van der Waals surface area contributed by atoms with Gasteiger partial charge in [0.1, 0.15) is 5.75 Å². The van der Waals surface area contributed by atoms with Crippen LogP contribution < -0.4 is 4.74 Å². The maximum atomic E-state index is 11.0. The number of aromatic nitrogens is 5. The fourth-order valence-corrected chi connectivity index (χ4v) is 1.87. The summed E-state index contributed by atoms with van der Waals surface area (Å²) in [5, 5.41) is 8.30. The van der Waals surface area contributed by atoms with Crippen LogP contribution in [0.4, 0.5) is 0 Å². The number of hydrogen-bond acceptors (Lipinski definition) is 5. The van der Waals surface area contributed by atoms with Crippen molar-refractivity contribution in [3.8, 4) is 11.6 Å². The summed E-state index contributed by atoms with van der Waals surface area (Å²) in [6.07, 6.45) is 7.17. The Morgan fingerprint density at radius 3 is 3.06 bits per heavy atom. The van der Waals surface area contributed by atoms with Gasteiger partial charge in [0.25, 0.3) is 0 Å². The zero-order valence-electron chi connectivity index (χ0n) is 9.49. The molecular weight excluding hydrogens is 234 g/mol. The third-order valence-electron chi connectivity index (χ3n) is 2.67. The summed E-state index contributed by atoms with van der Waals surface area (Å²) in [5.74, 6) is 1.11. The number of methoxy groups -OCH3 is 1. The van der Waals surface area contributed by atoms with Crippen molar-refractivity contribution in [2.45, 2.75) is 0 Å². The van der Waals surface area contributed by atoms with Crippen molar-refractivity contribution in [2.24, 2.45) is 0 Å². The Bertz CT molecular complexity index is 702. The van der Waals surface area contributed by atoms with Gasteiger partial charge in [-0.2, -0.15) is 0 Å². The van der Waals surface area contributed by atoms with Crippen molar-refractivity contribution in [1.82, 2.24) is 25.0 Å². The molecule has 0 aromatic carbocycles. The van der Waals surface area contributed by atoms with Crippen molar-refractivity contribution < 1.29 is 9.53 Å². The molecule has 1 N–H and O–H groups in total. The molecule has 0 radical (unpaired) electrons. The largest absolute Gasteiger partial charge is 0.494 e. The minimum absolute atomic E-state index is 0.519. The van der Waals surface area contributed by atoms with Crippen molar-refractivity contribution >= 4 is 17.2 Å². The molecule has 0 unspecified atom stereocenters. The van der Waals surface area contributed by atoms with Crippen LogP contribution in [0.3, 0.4) is 0 Å². The number of rotatable bonds is 3. The summed E-state index contributed by atoms with van der Waals surface area (Å²) in [4.78, 5) is 18.3. The van der Waals surface area contributed by atoms with E-state index in [1.54, 1.807) is 24.8 Å². The van der Waals surface area contributed by atoms with Gasteiger partial charge in [-0.3, -0.25) is 4.79 Å². The summed E-state index contributed by atoms with van der Waals surface area (Å²) in [6.45, 7) is 0. The second kappa shape index (κ2) is 3.95. The number of aromatic amines is 1. The molecule has 18 heavy (non-hydrogen) atoms. The molecule has 3 heterocycles. The number of ether oxygens (including phenoxy) is 1. The Labute approximate surface area is 101 Å². The molecule has 0 aliphatic carbocycles. The van der Waals surface area contributed by atoms with Crippen LogP contribution in [0.5, 0.6) is 5.75 Å². The standard InChI is InChI=1S/C11H9N5O2/c1-18-8-5-13-11(16-3-2-14-15-16)10-9(8)7(6-17)4-12-10/h2-6,12H,1H3. The van der Waals surface area contributed by atoms with E-state index in [1.165, 1.54) is 11.8 Å². The average Bonchev–Trinajstić information content (AvgIpc) is 3.06. The molecule has 3 aromatic rings. The molecule has 7 nitrogen and oxygen atoms in total. The quantitative estimate of drug-likeness (QED) is 0.692. The predicted octanol–water partition coefficient (Wildman–Crippen LogP) is 0.965. The Morgan fingerprint density at radius 2 is 2.39 bits per heavy atom. The van der Waals surface area contributed by atoms with Gasteiger partial charge in [0.2, 0.25) is 0 Å². The number of nitrogens with zero attached hydrogens (tertiary/aromatic N) is 4. The summed E-state index contributed by atoms with van der Waals surface area (Å²) in [7, 11) is 1.53. The smallest absolute Gasteiger partial charge is 0.179 e. The third-order valence-corrected chi connectivity index (χ3v) is 2.67. The van der Waals surface area contributed by atoms with Gasteiger partial charge in [-0.05, 0) is 0 Å². The van der Waals surface area contributed by atoms with E-state index in [0.717, 1.165) is 6.29 Å². The molecule has 0 fully saturated rings. The van der Waals surface area contributed by atoms with Crippen LogP contribution in [-0.2, 0) is 0 Å². The summed E-state index contributed by atoms with van der Waals surface area (Å²) in [5.41, 5.74) is 1.20. The molecule has 7 heteroatoms. The number of hydrogen-bond donors (Lipinski definition) is 1. The molecule has 0 spiro atoms. The van der Waals surface area contributed by atoms with E-state index < -0.39 is 0 Å². The van der Waals surface area contributed by atoms with Crippen molar-refractivity contribution in [2.75, 3.05) is 7.11 Å². The molecule has 0 aliphatic heterocycles. The lowest BCUT2D eigenvalue weighted by Crippen LogP contribution is -2.00. The molecule has 0 aliphatic rings. The van der Waals surface area contributed by atoms with Crippen molar-refractivity contribution in [3.63, 3.8) is 0 Å². The number of pyridine rings is 1. The lowest BCUT2D eigenvalue weighted by molar-refractivity contribution is 0.112. The lowest BCUT2D eigenvalue weighted by Gasteiger charge is -2.05. The monoisotopic (exact) mass is 243 g/mol. The zero-order chi connectivity index (χ0) is 12.5. The molecule has 0 saturated heterocycles. The minimum Gasteiger partial charge on any atom is -0.494 e. The minimum atomic E-state index is 0.519. The van der Waals surface area contributed by atoms with Crippen LogP contribution in [0.25, 0.3) is 16.7 Å². The number of H-pyrrole nitrogens is 1. The van der Waals surface area contributed by atoms with Crippen molar-refractivity contribution in [3.05, 3.63) is 30.4 Å². The Balaban J connectivity index is 2.36. The SMILES string of the molecule is COc1cnc(-n2ccnn2)c2[nH]cc(C=O)c12. The normalized spacial score (nSPS) is 10.7. The maximum Gasteiger partial charge on any atom is 0.179 e. The molecule has 3 aromatic heterocycles. The number of fused-ring (bicyclic) bond motifs is 1. The molecule has 0 bridgehead atoms. The second-order valence-corrected chi connectivity index (χ2v) is 3.61. The van der Waals surface area contributed by atoms with E-state index in [1.807, 2.05) is 0 Å². The topological polar surface area (TPSA) is 85.7 Å². The van der Waals surface area contributed by atoms with Gasteiger partial charge in [0, 0.05) is 11.8 Å². The van der Waals surface area contributed by atoms with E-state index in [9.17, 15) is 4.79 Å². The summed E-state index contributed by atoms with van der Waals surface area (Å²) >= 11 is 0. The third kappa shape index (κ3) is 1.37. The Morgan fingerprint density at radius 1 is 1.50 bits per heavy atom. The molecular formula is C11H9N5O2. The van der Waals surface area contributed by atoms with Gasteiger partial charge in [-0.15, -0.1) is 5.10 Å². The van der Waals surface area contributed by atoms with Crippen molar-refractivity contribution in [1.29, 1.82) is 0 Å². The van der Waals surface area contributed by atoms with Gasteiger partial charge in [0.05, 0.1) is 36.6 Å². The van der Waals surface area contributed by atoms with Crippen LogP contribution >= 0.6 is 0 Å². The highest BCUT2D eigenvalue weighted by Crippen LogP contribution is 2.30. The first kappa shape index (κ1) is 10.5. The Hall–Kier alpha value is -2.70. The number of carbonyl (C=O) groups excluding carboxylic acids is 1. The van der Waals surface area contributed by atoms with Gasteiger partial charge in [0.15, 0.2) is 12.1 Å². The first-order valence-electron chi connectivity index (χ1n) is 5.21. The van der Waals surface area contributed by atoms with Crippen LogP contribution in [-0.4, -0.2) is 38.4 Å². The summed E-state index contributed by atoms with van der Waals surface area (Å²) < 4.78 is 6.73. The number of carbonyl (C=O) groups is 1. The predicted molar refractivity (Wildman–Crippen MR) is 63.0 cm³/mol. The number of nitrogens with one attached hydrogen (secondary N) is 1. The average molecular weight is 243 g/mol. The van der Waals surface area contributed by atoms with Gasteiger partial charge >= 0.3 is 0 Å². The zero-order valence-corrected chi connectivity index (χ0v) is 9.49. The van der Waals surface area contributed by atoms with E-state index in [2.05, 4.69) is 20.3 Å². The molecule has 0 amide bonds. The van der Waals surface area contributed by atoms with Gasteiger partial charge in [-0.1, -0.05) is 5.21 Å². The van der Waals surface area contributed by atoms with Gasteiger partial charge in [-0.25, -0.2) is 9.67 Å². The fourth-order valence-electron chi connectivity index (χ4n) is 1.87. The van der Waals surface area contributed by atoms with Gasteiger partial charge < -0.3 is 9.72 Å². The molecule has 90 valence electrons. The highest BCUT2D eigenvalue weighted by molar-refractivity contribution is 6.03. The van der Waals surface area contributed by atoms with E-state index in [4.69, 9.17) is 4.74 Å². The maximum absolute atomic E-state index is 11.0. The molecule has 3 rings (SSSR count). The molecule has 0 saturated carbocycles. The second-order valence-electron chi connectivity index (χ2n) is 3.61. The van der Waals surface area contributed by atoms with Crippen LogP contribution in [0.1, 0.15) is 10.4 Å².